The van der Waals surface area contributed by atoms with E-state index in [9.17, 15) is 14.7 Å². The summed E-state index contributed by atoms with van der Waals surface area (Å²) >= 11 is 0. The number of benzene rings is 1. The first-order chi connectivity index (χ1) is 13.5. The number of anilines is 1. The number of aryl methyl sites for hydroxylation is 1. The zero-order chi connectivity index (χ0) is 19.8. The number of aromatic nitrogens is 4. The molecule has 9 nitrogen and oxygen atoms in total. The fraction of sp³-hybridized carbons (Fsp3) is 0.421. The second kappa shape index (κ2) is 7.25. The molecule has 2 N–H and O–H groups in total. The summed E-state index contributed by atoms with van der Waals surface area (Å²) in [6, 6.07) is 9.31. The van der Waals surface area contributed by atoms with Crippen LogP contribution in [0.15, 0.2) is 39.9 Å². The van der Waals surface area contributed by atoms with Crippen LogP contribution in [0.5, 0.6) is 0 Å². The van der Waals surface area contributed by atoms with E-state index in [4.69, 9.17) is 0 Å². The summed E-state index contributed by atoms with van der Waals surface area (Å²) in [5.74, 6) is 0.602. The molecule has 0 spiro atoms. The highest BCUT2D eigenvalue weighted by atomic mass is 16.3. The van der Waals surface area contributed by atoms with E-state index >= 15 is 0 Å². The average Bonchev–Trinajstić information content (AvgIpc) is 3.07. The number of aliphatic hydroxyl groups excluding tert-OH is 1. The van der Waals surface area contributed by atoms with Crippen molar-refractivity contribution in [1.82, 2.24) is 24.0 Å². The maximum atomic E-state index is 12.6. The minimum Gasteiger partial charge on any atom is -0.387 e. The molecule has 0 aliphatic carbocycles. The van der Waals surface area contributed by atoms with Crippen LogP contribution in [0, 0.1) is 0 Å². The molecule has 0 bridgehead atoms. The van der Waals surface area contributed by atoms with Crippen molar-refractivity contribution >= 4 is 17.1 Å². The van der Waals surface area contributed by atoms with E-state index < -0.39 is 17.4 Å². The average molecular weight is 384 g/mol. The maximum Gasteiger partial charge on any atom is 0.329 e. The number of aliphatic hydroxyl groups is 1. The van der Waals surface area contributed by atoms with Gasteiger partial charge in [0.2, 0.25) is 5.95 Å². The molecule has 2 aromatic heterocycles. The van der Waals surface area contributed by atoms with Crippen molar-refractivity contribution in [3.8, 4) is 0 Å². The molecule has 1 unspecified atom stereocenters. The zero-order valence-electron chi connectivity index (χ0n) is 16.0. The van der Waals surface area contributed by atoms with Crippen LogP contribution in [-0.2, 0) is 13.6 Å². The van der Waals surface area contributed by atoms with Gasteiger partial charge < -0.3 is 19.5 Å². The largest absolute Gasteiger partial charge is 0.387 e. The summed E-state index contributed by atoms with van der Waals surface area (Å²) in [5, 5.41) is 10.8. The van der Waals surface area contributed by atoms with E-state index in [1.807, 2.05) is 30.3 Å². The highest BCUT2D eigenvalue weighted by molar-refractivity contribution is 5.74. The quantitative estimate of drug-likeness (QED) is 0.652. The summed E-state index contributed by atoms with van der Waals surface area (Å²) in [6.45, 7) is 3.43. The van der Waals surface area contributed by atoms with Crippen LogP contribution < -0.4 is 16.1 Å². The van der Waals surface area contributed by atoms with Crippen LogP contribution in [0.1, 0.15) is 11.7 Å². The molecular formula is C19H24N6O3. The monoisotopic (exact) mass is 384 g/mol. The van der Waals surface area contributed by atoms with E-state index in [0.717, 1.165) is 31.7 Å². The second-order valence-electron chi connectivity index (χ2n) is 7.23. The van der Waals surface area contributed by atoms with Crippen LogP contribution >= 0.6 is 0 Å². The molecule has 1 aliphatic heterocycles. The highest BCUT2D eigenvalue weighted by Crippen LogP contribution is 2.24. The Kier molecular flexibility index (Phi) is 4.78. The van der Waals surface area contributed by atoms with Crippen molar-refractivity contribution in [1.29, 1.82) is 0 Å². The van der Waals surface area contributed by atoms with Gasteiger partial charge in [-0.25, -0.2) is 4.79 Å². The number of piperazine rings is 1. The standard InChI is InChI=1S/C19H24N6O3/c1-22-8-10-24(11-9-22)18-20-16-15(17(27)21-19(28)23(16)2)25(18)12-14(26)13-6-4-3-5-7-13/h3-7,14,26H,8-12H2,1-2H3,(H,21,27,28). The molecule has 1 atom stereocenters. The van der Waals surface area contributed by atoms with E-state index in [2.05, 4.69) is 26.8 Å². The maximum absolute atomic E-state index is 12.6. The van der Waals surface area contributed by atoms with Crippen molar-refractivity contribution in [3.63, 3.8) is 0 Å². The third kappa shape index (κ3) is 3.23. The minimum absolute atomic E-state index is 0.170. The molecule has 0 amide bonds. The number of imidazole rings is 1. The topological polar surface area (TPSA) is 99.4 Å². The lowest BCUT2D eigenvalue weighted by molar-refractivity contribution is 0.158. The second-order valence-corrected chi connectivity index (χ2v) is 7.23. The summed E-state index contributed by atoms with van der Waals surface area (Å²) in [7, 11) is 3.65. The van der Waals surface area contributed by atoms with Gasteiger partial charge in [0.1, 0.15) is 0 Å². The highest BCUT2D eigenvalue weighted by Gasteiger charge is 2.25. The summed E-state index contributed by atoms with van der Waals surface area (Å²) in [6.07, 6.45) is -0.804. The molecule has 1 fully saturated rings. The van der Waals surface area contributed by atoms with Crippen LogP contribution in [-0.4, -0.2) is 62.3 Å². The van der Waals surface area contributed by atoms with E-state index in [0.29, 0.717) is 17.1 Å². The number of rotatable bonds is 4. The Labute approximate surface area is 161 Å². The number of nitrogens with zero attached hydrogens (tertiary/aromatic N) is 5. The van der Waals surface area contributed by atoms with Crippen molar-refractivity contribution < 1.29 is 5.11 Å². The zero-order valence-corrected chi connectivity index (χ0v) is 16.0. The third-order valence-corrected chi connectivity index (χ3v) is 5.31. The van der Waals surface area contributed by atoms with Crippen LogP contribution in [0.2, 0.25) is 0 Å². The Morgan fingerprint density at radius 1 is 1.11 bits per heavy atom. The summed E-state index contributed by atoms with van der Waals surface area (Å²) in [5.41, 5.74) is 0.380. The Bertz CT molecular complexity index is 1090. The third-order valence-electron chi connectivity index (χ3n) is 5.31. The van der Waals surface area contributed by atoms with Gasteiger partial charge in [-0.05, 0) is 12.6 Å². The normalized spacial score (nSPS) is 16.6. The summed E-state index contributed by atoms with van der Waals surface area (Å²) < 4.78 is 3.07. The first-order valence-corrected chi connectivity index (χ1v) is 9.31. The molecule has 1 saturated heterocycles. The van der Waals surface area contributed by atoms with E-state index in [1.54, 1.807) is 11.6 Å². The van der Waals surface area contributed by atoms with Crippen molar-refractivity contribution in [3.05, 3.63) is 56.7 Å². The van der Waals surface area contributed by atoms with Gasteiger partial charge in [-0.1, -0.05) is 30.3 Å². The molecule has 9 heteroatoms. The van der Waals surface area contributed by atoms with Crippen LogP contribution in [0.3, 0.4) is 0 Å². The minimum atomic E-state index is -0.804. The molecular weight excluding hydrogens is 360 g/mol. The first kappa shape index (κ1) is 18.5. The lowest BCUT2D eigenvalue weighted by Gasteiger charge is -2.33. The van der Waals surface area contributed by atoms with Crippen LogP contribution in [0.4, 0.5) is 5.95 Å². The number of likely N-dealkylation sites (N-methyl/N-ethyl adjacent to an activating group) is 1. The van der Waals surface area contributed by atoms with Gasteiger partial charge in [-0.15, -0.1) is 0 Å². The lowest BCUT2D eigenvalue weighted by Crippen LogP contribution is -2.45. The molecule has 0 radical (unpaired) electrons. The van der Waals surface area contributed by atoms with Gasteiger partial charge >= 0.3 is 5.69 Å². The molecule has 0 saturated carbocycles. The fourth-order valence-corrected chi connectivity index (χ4v) is 3.60. The number of fused-ring (bicyclic) bond motifs is 1. The van der Waals surface area contributed by atoms with Gasteiger partial charge in [-0.2, -0.15) is 4.98 Å². The van der Waals surface area contributed by atoms with Gasteiger partial charge in [0.05, 0.1) is 12.6 Å². The number of aromatic amines is 1. The summed E-state index contributed by atoms with van der Waals surface area (Å²) in [4.78, 5) is 35.9. The van der Waals surface area contributed by atoms with E-state index in [1.165, 1.54) is 4.57 Å². The number of hydrogen-bond donors (Lipinski definition) is 2. The molecule has 1 aromatic carbocycles. The predicted octanol–water partition coefficient (Wildman–Crippen LogP) is -0.0913. The Balaban J connectivity index is 1.84. The van der Waals surface area contributed by atoms with Gasteiger partial charge in [-0.3, -0.25) is 14.3 Å². The SMILES string of the molecule is CN1CCN(c2nc3c(c(=O)[nH]c(=O)n3C)n2CC(O)c2ccccc2)CC1. The Morgan fingerprint density at radius 2 is 1.79 bits per heavy atom. The van der Waals surface area contributed by atoms with Crippen molar-refractivity contribution in [2.75, 3.05) is 38.1 Å². The van der Waals surface area contributed by atoms with Crippen LogP contribution in [0.25, 0.3) is 11.2 Å². The van der Waals surface area contributed by atoms with Crippen molar-refractivity contribution in [2.24, 2.45) is 7.05 Å². The number of hydrogen-bond acceptors (Lipinski definition) is 6. The lowest BCUT2D eigenvalue weighted by atomic mass is 10.1. The predicted molar refractivity (Wildman–Crippen MR) is 107 cm³/mol. The smallest absolute Gasteiger partial charge is 0.329 e. The Hall–Kier alpha value is -2.91. The molecule has 4 rings (SSSR count). The fourth-order valence-electron chi connectivity index (χ4n) is 3.60. The molecule has 148 valence electrons. The first-order valence-electron chi connectivity index (χ1n) is 9.31. The molecule has 3 aromatic rings. The number of nitrogens with one attached hydrogen (secondary N) is 1. The molecule has 28 heavy (non-hydrogen) atoms. The van der Waals surface area contributed by atoms with Gasteiger partial charge in [0.25, 0.3) is 5.56 Å². The van der Waals surface area contributed by atoms with Crippen molar-refractivity contribution in [2.45, 2.75) is 12.6 Å². The van der Waals surface area contributed by atoms with Gasteiger partial charge in [0.15, 0.2) is 11.2 Å². The van der Waals surface area contributed by atoms with Gasteiger partial charge in [0, 0.05) is 33.2 Å². The van der Waals surface area contributed by atoms with E-state index in [-0.39, 0.29) is 6.54 Å². The Morgan fingerprint density at radius 3 is 2.46 bits per heavy atom. The molecule has 1 aliphatic rings. The molecule has 3 heterocycles. The number of H-pyrrole nitrogens is 1.